The molecule has 138 valence electrons. The second kappa shape index (κ2) is 7.23. The molecule has 1 atom stereocenters. The molecule has 1 unspecified atom stereocenters. The van der Waals surface area contributed by atoms with Crippen LogP contribution in [0.3, 0.4) is 0 Å². The van der Waals surface area contributed by atoms with Crippen molar-refractivity contribution in [2.45, 2.75) is 32.2 Å². The van der Waals surface area contributed by atoms with E-state index in [4.69, 9.17) is 4.74 Å². The second-order valence-electron chi connectivity index (χ2n) is 6.55. The van der Waals surface area contributed by atoms with Gasteiger partial charge in [-0.15, -0.1) is 0 Å². The quantitative estimate of drug-likeness (QED) is 0.756. The fourth-order valence-corrected chi connectivity index (χ4v) is 3.78. The number of nitrogens with zero attached hydrogens (tertiary/aromatic N) is 3. The Morgan fingerprint density at radius 2 is 2.19 bits per heavy atom. The number of pyridine rings is 1. The van der Waals surface area contributed by atoms with Crippen LogP contribution in [0, 0.1) is 0 Å². The first-order valence-electron chi connectivity index (χ1n) is 9.17. The number of methoxy groups -OCH3 is 1. The van der Waals surface area contributed by atoms with Crippen LogP contribution in [0.2, 0.25) is 0 Å². The third kappa shape index (κ3) is 3.07. The van der Waals surface area contributed by atoms with E-state index in [0.717, 1.165) is 29.8 Å². The highest BCUT2D eigenvalue weighted by Gasteiger charge is 2.28. The molecule has 6 nitrogen and oxygen atoms in total. The van der Waals surface area contributed by atoms with E-state index in [0.29, 0.717) is 17.8 Å². The van der Waals surface area contributed by atoms with Crippen LogP contribution in [0.4, 0.5) is 0 Å². The van der Waals surface area contributed by atoms with Gasteiger partial charge in [0.2, 0.25) is 0 Å². The summed E-state index contributed by atoms with van der Waals surface area (Å²) in [6, 6.07) is 11.6. The summed E-state index contributed by atoms with van der Waals surface area (Å²) in [5.74, 6) is 1.50. The maximum Gasteiger partial charge on any atom is 0.255 e. The third-order valence-corrected chi connectivity index (χ3v) is 5.07. The van der Waals surface area contributed by atoms with Crippen LogP contribution in [0.1, 0.15) is 46.6 Å². The maximum absolute atomic E-state index is 13.0. The number of carbonyl (C=O) groups excluding carboxylic acids is 1. The predicted octanol–water partition coefficient (Wildman–Crippen LogP) is 3.26. The molecule has 1 aromatic carbocycles. The molecule has 2 heterocycles. The molecule has 1 amide bonds. The first-order valence-corrected chi connectivity index (χ1v) is 9.17. The zero-order chi connectivity index (χ0) is 18.8. The zero-order valence-electron chi connectivity index (χ0n) is 15.5. The van der Waals surface area contributed by atoms with Crippen molar-refractivity contribution in [1.82, 2.24) is 20.1 Å². The Morgan fingerprint density at radius 1 is 1.30 bits per heavy atom. The minimum atomic E-state index is -0.102. The van der Waals surface area contributed by atoms with Crippen molar-refractivity contribution in [3.05, 3.63) is 71.2 Å². The predicted molar refractivity (Wildman–Crippen MR) is 102 cm³/mol. The van der Waals surface area contributed by atoms with E-state index in [1.54, 1.807) is 24.2 Å². The van der Waals surface area contributed by atoms with Crippen molar-refractivity contribution in [2.24, 2.45) is 0 Å². The summed E-state index contributed by atoms with van der Waals surface area (Å²) in [6.07, 6.45) is 5.81. The number of ether oxygens (including phenoxy) is 1. The third-order valence-electron chi connectivity index (χ3n) is 5.07. The Bertz CT molecular complexity index is 966. The van der Waals surface area contributed by atoms with E-state index in [1.807, 2.05) is 37.3 Å². The van der Waals surface area contributed by atoms with Crippen molar-refractivity contribution >= 4 is 5.91 Å². The molecule has 6 heteroatoms. The van der Waals surface area contributed by atoms with E-state index < -0.39 is 0 Å². The number of benzene rings is 1. The summed E-state index contributed by atoms with van der Waals surface area (Å²) < 4.78 is 7.19. The Labute approximate surface area is 158 Å². The van der Waals surface area contributed by atoms with Gasteiger partial charge in [-0.1, -0.05) is 25.1 Å². The molecule has 0 aliphatic heterocycles. The van der Waals surface area contributed by atoms with Gasteiger partial charge in [-0.25, -0.2) is 9.67 Å². The molecule has 0 spiro atoms. The fraction of sp³-hybridized carbons (Fsp3) is 0.286. The van der Waals surface area contributed by atoms with E-state index in [1.165, 1.54) is 5.56 Å². The minimum absolute atomic E-state index is 0.00879. The summed E-state index contributed by atoms with van der Waals surface area (Å²) in [5.41, 5.74) is 3.78. The molecule has 27 heavy (non-hydrogen) atoms. The number of amides is 1. The standard InChI is InChI=1S/C21H22N4O2/c1-3-18-16(13-23-25(18)20-9-4-5-12-22-20)21(26)24-17-11-10-15-14(17)7-6-8-19(15)27-2/h4-9,12-13,17H,3,10-11H2,1-2H3,(H,24,26). The van der Waals surface area contributed by atoms with Gasteiger partial charge in [-0.2, -0.15) is 5.10 Å². The summed E-state index contributed by atoms with van der Waals surface area (Å²) >= 11 is 0. The molecule has 4 rings (SSSR count). The minimum Gasteiger partial charge on any atom is -0.496 e. The summed E-state index contributed by atoms with van der Waals surface area (Å²) in [5, 5.41) is 7.57. The lowest BCUT2D eigenvalue weighted by Crippen LogP contribution is -2.27. The van der Waals surface area contributed by atoms with Crippen LogP contribution in [0.25, 0.3) is 5.82 Å². The lowest BCUT2D eigenvalue weighted by atomic mass is 10.1. The van der Waals surface area contributed by atoms with Gasteiger partial charge in [0.15, 0.2) is 5.82 Å². The van der Waals surface area contributed by atoms with Gasteiger partial charge in [0.05, 0.1) is 30.6 Å². The first kappa shape index (κ1) is 17.3. The number of hydrogen-bond acceptors (Lipinski definition) is 4. The number of nitrogens with one attached hydrogen (secondary N) is 1. The van der Waals surface area contributed by atoms with Crippen LogP contribution in [-0.4, -0.2) is 27.8 Å². The Morgan fingerprint density at radius 3 is 2.93 bits per heavy atom. The number of hydrogen-bond donors (Lipinski definition) is 1. The van der Waals surface area contributed by atoms with Crippen LogP contribution in [0.15, 0.2) is 48.8 Å². The zero-order valence-corrected chi connectivity index (χ0v) is 15.5. The molecule has 0 fully saturated rings. The largest absolute Gasteiger partial charge is 0.496 e. The fourth-order valence-electron chi connectivity index (χ4n) is 3.78. The molecule has 1 N–H and O–H groups in total. The van der Waals surface area contributed by atoms with Gasteiger partial charge >= 0.3 is 0 Å². The normalized spacial score (nSPS) is 15.4. The van der Waals surface area contributed by atoms with Gasteiger partial charge in [-0.05, 0) is 48.6 Å². The molecule has 2 aromatic heterocycles. The smallest absolute Gasteiger partial charge is 0.255 e. The number of aromatic nitrogens is 3. The number of fused-ring (bicyclic) bond motifs is 1. The Kier molecular flexibility index (Phi) is 4.62. The van der Waals surface area contributed by atoms with E-state index in [-0.39, 0.29) is 11.9 Å². The van der Waals surface area contributed by atoms with Crippen LogP contribution in [-0.2, 0) is 12.8 Å². The highest BCUT2D eigenvalue weighted by Crippen LogP contribution is 2.37. The molecular formula is C21H22N4O2. The first-order chi connectivity index (χ1) is 13.2. The van der Waals surface area contributed by atoms with Gasteiger partial charge in [0.25, 0.3) is 5.91 Å². The van der Waals surface area contributed by atoms with Crippen LogP contribution in [0.5, 0.6) is 5.75 Å². The van der Waals surface area contributed by atoms with Crippen molar-refractivity contribution < 1.29 is 9.53 Å². The Balaban J connectivity index is 1.60. The monoisotopic (exact) mass is 362 g/mol. The topological polar surface area (TPSA) is 69.0 Å². The summed E-state index contributed by atoms with van der Waals surface area (Å²) in [7, 11) is 1.68. The van der Waals surface area contributed by atoms with Crippen molar-refractivity contribution in [2.75, 3.05) is 7.11 Å². The molecule has 0 bridgehead atoms. The summed E-state index contributed by atoms with van der Waals surface area (Å²) in [6.45, 7) is 2.02. The lowest BCUT2D eigenvalue weighted by molar-refractivity contribution is 0.0935. The number of carbonyl (C=O) groups is 1. The summed E-state index contributed by atoms with van der Waals surface area (Å²) in [4.78, 5) is 17.3. The van der Waals surface area contributed by atoms with E-state index >= 15 is 0 Å². The SMILES string of the molecule is CCc1c(C(=O)NC2CCc3c(OC)cccc32)cnn1-c1ccccn1. The average Bonchev–Trinajstić information content (AvgIpc) is 3.32. The van der Waals surface area contributed by atoms with Crippen molar-refractivity contribution in [3.8, 4) is 11.6 Å². The molecule has 1 aliphatic rings. The van der Waals surface area contributed by atoms with Crippen LogP contribution >= 0.6 is 0 Å². The van der Waals surface area contributed by atoms with Crippen molar-refractivity contribution in [3.63, 3.8) is 0 Å². The van der Waals surface area contributed by atoms with E-state index in [9.17, 15) is 4.79 Å². The maximum atomic E-state index is 13.0. The molecular weight excluding hydrogens is 340 g/mol. The van der Waals surface area contributed by atoms with E-state index in [2.05, 4.69) is 21.5 Å². The van der Waals surface area contributed by atoms with Gasteiger partial charge in [0, 0.05) is 6.20 Å². The lowest BCUT2D eigenvalue weighted by Gasteiger charge is -2.15. The highest BCUT2D eigenvalue weighted by atomic mass is 16.5. The molecule has 1 aliphatic carbocycles. The molecule has 3 aromatic rings. The van der Waals surface area contributed by atoms with Gasteiger partial charge in [0.1, 0.15) is 5.75 Å². The number of rotatable bonds is 5. The van der Waals surface area contributed by atoms with Gasteiger partial charge < -0.3 is 10.1 Å². The second-order valence-corrected chi connectivity index (χ2v) is 6.55. The molecule has 0 radical (unpaired) electrons. The Hall–Kier alpha value is -3.15. The highest BCUT2D eigenvalue weighted by molar-refractivity contribution is 5.95. The van der Waals surface area contributed by atoms with Crippen LogP contribution < -0.4 is 10.1 Å². The van der Waals surface area contributed by atoms with Gasteiger partial charge in [-0.3, -0.25) is 4.79 Å². The average molecular weight is 362 g/mol. The molecule has 0 saturated heterocycles. The molecule has 0 saturated carbocycles. The van der Waals surface area contributed by atoms with Crippen molar-refractivity contribution in [1.29, 1.82) is 0 Å².